The lowest BCUT2D eigenvalue weighted by molar-refractivity contribution is -0.140. The third-order valence-corrected chi connectivity index (χ3v) is 4.29. The molecule has 1 N–H and O–H groups in total. The van der Waals surface area contributed by atoms with Crippen LogP contribution < -0.4 is 5.32 Å². The van der Waals surface area contributed by atoms with E-state index in [1.807, 2.05) is 6.07 Å². The van der Waals surface area contributed by atoms with E-state index in [2.05, 4.69) is 5.32 Å². The SMILES string of the molecule is O=C1CCCN1CC(=O)N1CCNC[C@@H]1c1cccc(F)c1. The van der Waals surface area contributed by atoms with Crippen LogP contribution in [0, 0.1) is 5.82 Å². The second-order valence-corrected chi connectivity index (χ2v) is 5.78. The normalized spacial score (nSPS) is 22.2. The molecular formula is C16H20FN3O2. The van der Waals surface area contributed by atoms with E-state index in [1.54, 1.807) is 15.9 Å². The maximum absolute atomic E-state index is 13.5. The molecule has 0 saturated carbocycles. The number of benzene rings is 1. The van der Waals surface area contributed by atoms with Crippen LogP contribution in [0.2, 0.25) is 0 Å². The zero-order valence-electron chi connectivity index (χ0n) is 12.4. The minimum atomic E-state index is -0.301. The molecular weight excluding hydrogens is 285 g/mol. The maximum Gasteiger partial charge on any atom is 0.242 e. The quantitative estimate of drug-likeness (QED) is 0.903. The molecule has 118 valence electrons. The van der Waals surface area contributed by atoms with Gasteiger partial charge >= 0.3 is 0 Å². The molecule has 1 aromatic carbocycles. The van der Waals surface area contributed by atoms with Gasteiger partial charge in [-0.1, -0.05) is 12.1 Å². The molecule has 2 aliphatic heterocycles. The van der Waals surface area contributed by atoms with Crippen molar-refractivity contribution < 1.29 is 14.0 Å². The smallest absolute Gasteiger partial charge is 0.242 e. The van der Waals surface area contributed by atoms with E-state index in [4.69, 9.17) is 0 Å². The number of hydrogen-bond acceptors (Lipinski definition) is 3. The number of carbonyl (C=O) groups excluding carboxylic acids is 2. The molecule has 2 saturated heterocycles. The topological polar surface area (TPSA) is 52.7 Å². The highest BCUT2D eigenvalue weighted by molar-refractivity contribution is 5.86. The zero-order chi connectivity index (χ0) is 15.5. The number of halogens is 1. The summed E-state index contributed by atoms with van der Waals surface area (Å²) >= 11 is 0. The molecule has 2 aliphatic rings. The first kappa shape index (κ1) is 15.0. The molecule has 0 spiro atoms. The molecule has 1 atom stereocenters. The standard InChI is InChI=1S/C16H20FN3O2/c17-13-4-1-3-12(9-13)14-10-18-6-8-20(14)16(22)11-19-7-2-5-15(19)21/h1,3-4,9,14,18H,2,5-8,10-11H2/t14-/m1/s1. The van der Waals surface area contributed by atoms with Gasteiger partial charge in [-0.25, -0.2) is 4.39 Å². The van der Waals surface area contributed by atoms with Crippen LogP contribution in [0.4, 0.5) is 4.39 Å². The minimum absolute atomic E-state index is 0.0470. The van der Waals surface area contributed by atoms with Crippen LogP contribution in [-0.4, -0.2) is 54.3 Å². The van der Waals surface area contributed by atoms with Crippen molar-refractivity contribution in [1.82, 2.24) is 15.1 Å². The van der Waals surface area contributed by atoms with Crippen LogP contribution in [-0.2, 0) is 9.59 Å². The number of piperazine rings is 1. The lowest BCUT2D eigenvalue weighted by Crippen LogP contribution is -2.51. The second kappa shape index (κ2) is 6.44. The Kier molecular flexibility index (Phi) is 4.38. The highest BCUT2D eigenvalue weighted by atomic mass is 19.1. The summed E-state index contributed by atoms with van der Waals surface area (Å²) in [5, 5.41) is 3.24. The average Bonchev–Trinajstić information content (AvgIpc) is 2.92. The molecule has 3 rings (SSSR count). The minimum Gasteiger partial charge on any atom is -0.333 e. The number of nitrogens with zero attached hydrogens (tertiary/aromatic N) is 2. The van der Waals surface area contributed by atoms with Gasteiger partial charge < -0.3 is 15.1 Å². The van der Waals surface area contributed by atoms with Crippen molar-refractivity contribution in [2.45, 2.75) is 18.9 Å². The second-order valence-electron chi connectivity index (χ2n) is 5.78. The van der Waals surface area contributed by atoms with Crippen LogP contribution in [0.3, 0.4) is 0 Å². The fourth-order valence-corrected chi connectivity index (χ4v) is 3.14. The van der Waals surface area contributed by atoms with Gasteiger partial charge in [0, 0.05) is 32.6 Å². The largest absolute Gasteiger partial charge is 0.333 e. The maximum atomic E-state index is 13.5. The van der Waals surface area contributed by atoms with Gasteiger partial charge in [-0.05, 0) is 24.1 Å². The summed E-state index contributed by atoms with van der Waals surface area (Å²) in [6, 6.07) is 6.18. The Hall–Kier alpha value is -1.95. The summed E-state index contributed by atoms with van der Waals surface area (Å²) in [5.74, 6) is -0.318. The van der Waals surface area contributed by atoms with Crippen molar-refractivity contribution in [3.63, 3.8) is 0 Å². The number of rotatable bonds is 3. The molecule has 6 heteroatoms. The van der Waals surface area contributed by atoms with Gasteiger partial charge in [0.1, 0.15) is 5.82 Å². The van der Waals surface area contributed by atoms with Crippen molar-refractivity contribution in [1.29, 1.82) is 0 Å². The van der Waals surface area contributed by atoms with Gasteiger partial charge in [-0.3, -0.25) is 9.59 Å². The van der Waals surface area contributed by atoms with Gasteiger partial charge in [-0.2, -0.15) is 0 Å². The van der Waals surface area contributed by atoms with E-state index in [9.17, 15) is 14.0 Å². The van der Waals surface area contributed by atoms with Crippen molar-refractivity contribution in [2.24, 2.45) is 0 Å². The third kappa shape index (κ3) is 3.11. The van der Waals surface area contributed by atoms with Gasteiger partial charge in [0.15, 0.2) is 0 Å². The van der Waals surface area contributed by atoms with E-state index >= 15 is 0 Å². The monoisotopic (exact) mass is 305 g/mol. The Morgan fingerprint density at radius 3 is 2.95 bits per heavy atom. The van der Waals surface area contributed by atoms with E-state index < -0.39 is 0 Å². The molecule has 0 radical (unpaired) electrons. The number of carbonyl (C=O) groups is 2. The van der Waals surface area contributed by atoms with Crippen molar-refractivity contribution >= 4 is 11.8 Å². The summed E-state index contributed by atoms with van der Waals surface area (Å²) in [6.45, 7) is 2.67. The van der Waals surface area contributed by atoms with E-state index in [1.165, 1.54) is 12.1 Å². The first-order valence-electron chi connectivity index (χ1n) is 7.68. The summed E-state index contributed by atoms with van der Waals surface area (Å²) < 4.78 is 13.5. The molecule has 0 unspecified atom stereocenters. The molecule has 2 fully saturated rings. The van der Waals surface area contributed by atoms with Gasteiger partial charge in [0.25, 0.3) is 0 Å². The first-order chi connectivity index (χ1) is 10.6. The molecule has 2 heterocycles. The molecule has 0 bridgehead atoms. The van der Waals surface area contributed by atoms with Crippen LogP contribution in [0.25, 0.3) is 0 Å². The average molecular weight is 305 g/mol. The Balaban J connectivity index is 1.74. The van der Waals surface area contributed by atoms with Crippen LogP contribution in [0.15, 0.2) is 24.3 Å². The van der Waals surface area contributed by atoms with Gasteiger partial charge in [0.2, 0.25) is 11.8 Å². The highest BCUT2D eigenvalue weighted by Gasteiger charge is 2.31. The third-order valence-electron chi connectivity index (χ3n) is 4.29. The van der Waals surface area contributed by atoms with Crippen LogP contribution >= 0.6 is 0 Å². The summed E-state index contributed by atoms with van der Waals surface area (Å²) in [4.78, 5) is 27.6. The van der Waals surface area contributed by atoms with Crippen molar-refractivity contribution in [2.75, 3.05) is 32.7 Å². The highest BCUT2D eigenvalue weighted by Crippen LogP contribution is 2.23. The first-order valence-corrected chi connectivity index (χ1v) is 7.68. The zero-order valence-corrected chi connectivity index (χ0v) is 12.4. The molecule has 1 aromatic rings. The Bertz CT molecular complexity index is 578. The Morgan fingerprint density at radius 1 is 1.36 bits per heavy atom. The predicted octanol–water partition coefficient (Wildman–Crippen LogP) is 0.921. The number of likely N-dealkylation sites (tertiary alicyclic amines) is 1. The van der Waals surface area contributed by atoms with E-state index in [-0.39, 0.29) is 30.2 Å². The molecule has 5 nitrogen and oxygen atoms in total. The van der Waals surface area contributed by atoms with Crippen molar-refractivity contribution in [3.05, 3.63) is 35.6 Å². The van der Waals surface area contributed by atoms with E-state index in [0.717, 1.165) is 12.0 Å². The predicted molar refractivity (Wildman–Crippen MR) is 79.5 cm³/mol. The molecule has 0 aromatic heterocycles. The van der Waals surface area contributed by atoms with Gasteiger partial charge in [0.05, 0.1) is 12.6 Å². The molecule has 2 amide bonds. The summed E-state index contributed by atoms with van der Waals surface area (Å²) in [7, 11) is 0. The summed E-state index contributed by atoms with van der Waals surface area (Å²) in [5.41, 5.74) is 0.785. The number of nitrogens with one attached hydrogen (secondary N) is 1. The lowest BCUT2D eigenvalue weighted by Gasteiger charge is -2.37. The van der Waals surface area contributed by atoms with Crippen LogP contribution in [0.1, 0.15) is 24.4 Å². The summed E-state index contributed by atoms with van der Waals surface area (Å²) in [6.07, 6.45) is 1.35. The van der Waals surface area contributed by atoms with Crippen LogP contribution in [0.5, 0.6) is 0 Å². The Morgan fingerprint density at radius 2 is 2.23 bits per heavy atom. The molecule has 22 heavy (non-hydrogen) atoms. The van der Waals surface area contributed by atoms with E-state index in [0.29, 0.717) is 32.6 Å². The fraction of sp³-hybridized carbons (Fsp3) is 0.500. The van der Waals surface area contributed by atoms with Gasteiger partial charge in [-0.15, -0.1) is 0 Å². The number of hydrogen-bond donors (Lipinski definition) is 1. The fourth-order valence-electron chi connectivity index (χ4n) is 3.14. The lowest BCUT2D eigenvalue weighted by atomic mass is 10.0. The van der Waals surface area contributed by atoms with Crippen molar-refractivity contribution in [3.8, 4) is 0 Å². The molecule has 0 aliphatic carbocycles. The Labute approximate surface area is 129 Å². The number of amides is 2.